The van der Waals surface area contributed by atoms with Gasteiger partial charge >= 0.3 is 0 Å². The van der Waals surface area contributed by atoms with Gasteiger partial charge in [-0.3, -0.25) is 4.79 Å². The number of hydrogen-bond donors (Lipinski definition) is 2. The first-order chi connectivity index (χ1) is 8.74. The average Bonchev–Trinajstić information content (AvgIpc) is 3.15. The molecule has 18 heavy (non-hydrogen) atoms. The van der Waals surface area contributed by atoms with Crippen LogP contribution in [-0.2, 0) is 0 Å². The molecule has 0 saturated heterocycles. The quantitative estimate of drug-likeness (QED) is 0.803. The summed E-state index contributed by atoms with van der Waals surface area (Å²) in [4.78, 5) is 18.2. The van der Waals surface area contributed by atoms with Crippen molar-refractivity contribution in [3.63, 3.8) is 0 Å². The topological polar surface area (TPSA) is 81.0 Å². The maximum Gasteiger partial charge on any atom is 0.258 e. The summed E-state index contributed by atoms with van der Waals surface area (Å²) < 4.78 is 5.66. The fourth-order valence-corrected chi connectivity index (χ4v) is 1.98. The number of benzene rings is 1. The Balaban J connectivity index is 1.86. The van der Waals surface area contributed by atoms with Crippen LogP contribution in [0.2, 0.25) is 0 Å². The van der Waals surface area contributed by atoms with Gasteiger partial charge < -0.3 is 15.5 Å². The lowest BCUT2D eigenvalue weighted by atomic mass is 10.2. The molecule has 5 nitrogen and oxygen atoms in total. The van der Waals surface area contributed by atoms with Gasteiger partial charge in [-0.05, 0) is 18.4 Å². The number of anilines is 1. The van der Waals surface area contributed by atoms with Crippen molar-refractivity contribution in [3.05, 3.63) is 28.8 Å². The predicted octanol–water partition coefficient (Wildman–Crippen LogP) is 1.68. The highest BCUT2D eigenvalue weighted by molar-refractivity contribution is 5.84. The molecule has 0 aliphatic heterocycles. The van der Waals surface area contributed by atoms with Gasteiger partial charge in [0, 0.05) is 6.07 Å². The molecular formula is C13H15N3O2. The molecule has 3 rings (SSSR count). The monoisotopic (exact) mass is 245 g/mol. The molecule has 1 aliphatic rings. The van der Waals surface area contributed by atoms with E-state index >= 15 is 0 Å². The van der Waals surface area contributed by atoms with Gasteiger partial charge in [-0.25, -0.2) is 4.98 Å². The molecule has 0 unspecified atom stereocenters. The highest BCUT2D eigenvalue weighted by Gasteiger charge is 2.20. The second kappa shape index (κ2) is 4.33. The minimum absolute atomic E-state index is 0.184. The largest absolute Gasteiger partial charge is 0.491 e. The molecule has 5 heteroatoms. The summed E-state index contributed by atoms with van der Waals surface area (Å²) in [5.74, 6) is 1.44. The van der Waals surface area contributed by atoms with Gasteiger partial charge in [0.2, 0.25) is 0 Å². The SMILES string of the molecule is Nc1cc2c(=O)[nH]cnc2cc1OCCC1CC1. The van der Waals surface area contributed by atoms with Crippen LogP contribution in [0.3, 0.4) is 0 Å². The van der Waals surface area contributed by atoms with Crippen molar-refractivity contribution in [2.75, 3.05) is 12.3 Å². The molecular weight excluding hydrogens is 230 g/mol. The van der Waals surface area contributed by atoms with E-state index < -0.39 is 0 Å². The highest BCUT2D eigenvalue weighted by atomic mass is 16.5. The first kappa shape index (κ1) is 11.1. The van der Waals surface area contributed by atoms with E-state index in [0.29, 0.717) is 28.9 Å². The Labute approximate surface area is 104 Å². The maximum atomic E-state index is 11.6. The lowest BCUT2D eigenvalue weighted by Crippen LogP contribution is -2.08. The van der Waals surface area contributed by atoms with Crippen molar-refractivity contribution in [2.24, 2.45) is 5.92 Å². The van der Waals surface area contributed by atoms with Crippen LogP contribution in [0.5, 0.6) is 5.75 Å². The van der Waals surface area contributed by atoms with Crippen molar-refractivity contribution in [2.45, 2.75) is 19.3 Å². The molecule has 2 aromatic rings. The Morgan fingerprint density at radius 3 is 3.06 bits per heavy atom. The van der Waals surface area contributed by atoms with Crippen LogP contribution in [0.1, 0.15) is 19.3 Å². The van der Waals surface area contributed by atoms with Crippen LogP contribution < -0.4 is 16.0 Å². The molecule has 0 bridgehead atoms. The summed E-state index contributed by atoms with van der Waals surface area (Å²) in [6.45, 7) is 0.670. The Morgan fingerprint density at radius 2 is 2.28 bits per heavy atom. The van der Waals surface area contributed by atoms with Crippen molar-refractivity contribution in [1.82, 2.24) is 9.97 Å². The number of aromatic amines is 1. The summed E-state index contributed by atoms with van der Waals surface area (Å²) >= 11 is 0. The number of fused-ring (bicyclic) bond motifs is 1. The molecule has 1 heterocycles. The van der Waals surface area contributed by atoms with Crippen molar-refractivity contribution in [1.29, 1.82) is 0 Å². The normalized spacial score (nSPS) is 14.9. The number of nitrogens with one attached hydrogen (secondary N) is 1. The van der Waals surface area contributed by atoms with Gasteiger partial charge in [0.1, 0.15) is 5.75 Å². The van der Waals surface area contributed by atoms with E-state index in [9.17, 15) is 4.79 Å². The van der Waals surface area contributed by atoms with Crippen LogP contribution in [-0.4, -0.2) is 16.6 Å². The van der Waals surface area contributed by atoms with Crippen molar-refractivity contribution >= 4 is 16.6 Å². The van der Waals surface area contributed by atoms with Crippen LogP contribution >= 0.6 is 0 Å². The highest BCUT2D eigenvalue weighted by Crippen LogP contribution is 2.33. The molecule has 1 aromatic heterocycles. The Kier molecular flexibility index (Phi) is 2.66. The zero-order valence-electron chi connectivity index (χ0n) is 9.98. The number of nitrogens with two attached hydrogens (primary N) is 1. The van der Waals surface area contributed by atoms with E-state index in [-0.39, 0.29) is 5.56 Å². The Morgan fingerprint density at radius 1 is 1.44 bits per heavy atom. The predicted molar refractivity (Wildman–Crippen MR) is 69.6 cm³/mol. The van der Waals surface area contributed by atoms with Gasteiger partial charge in [-0.1, -0.05) is 12.8 Å². The third-order valence-electron chi connectivity index (χ3n) is 3.25. The van der Waals surface area contributed by atoms with Crippen LogP contribution in [0.4, 0.5) is 5.69 Å². The van der Waals surface area contributed by atoms with E-state index in [2.05, 4.69) is 9.97 Å². The van der Waals surface area contributed by atoms with Gasteiger partial charge in [0.25, 0.3) is 5.56 Å². The molecule has 1 aromatic carbocycles. The van der Waals surface area contributed by atoms with E-state index in [4.69, 9.17) is 10.5 Å². The van der Waals surface area contributed by atoms with Gasteiger partial charge in [-0.2, -0.15) is 0 Å². The van der Waals surface area contributed by atoms with Crippen LogP contribution in [0, 0.1) is 5.92 Å². The fourth-order valence-electron chi connectivity index (χ4n) is 1.98. The van der Waals surface area contributed by atoms with Crippen LogP contribution in [0.15, 0.2) is 23.3 Å². The molecule has 1 aliphatic carbocycles. The van der Waals surface area contributed by atoms with Gasteiger partial charge in [0.15, 0.2) is 0 Å². The zero-order valence-corrected chi connectivity index (χ0v) is 9.98. The maximum absolute atomic E-state index is 11.6. The lowest BCUT2D eigenvalue weighted by Gasteiger charge is -2.09. The van der Waals surface area contributed by atoms with Crippen molar-refractivity contribution in [3.8, 4) is 5.75 Å². The second-order valence-electron chi connectivity index (χ2n) is 4.72. The van der Waals surface area contributed by atoms with E-state index in [1.165, 1.54) is 19.2 Å². The molecule has 0 amide bonds. The molecule has 0 atom stereocenters. The summed E-state index contributed by atoms with van der Waals surface area (Å²) in [5.41, 5.74) is 6.79. The fraction of sp³-hybridized carbons (Fsp3) is 0.385. The Hall–Kier alpha value is -2.04. The number of nitrogens with zero attached hydrogens (tertiary/aromatic N) is 1. The van der Waals surface area contributed by atoms with Crippen molar-refractivity contribution < 1.29 is 4.74 Å². The number of H-pyrrole nitrogens is 1. The second-order valence-corrected chi connectivity index (χ2v) is 4.72. The van der Waals surface area contributed by atoms with E-state index in [1.54, 1.807) is 12.1 Å². The molecule has 1 saturated carbocycles. The van der Waals surface area contributed by atoms with Gasteiger partial charge in [-0.15, -0.1) is 0 Å². The third kappa shape index (κ3) is 2.16. The minimum Gasteiger partial charge on any atom is -0.491 e. The molecule has 1 fully saturated rings. The summed E-state index contributed by atoms with van der Waals surface area (Å²) in [6, 6.07) is 3.35. The summed E-state index contributed by atoms with van der Waals surface area (Å²) in [7, 11) is 0. The number of nitrogen functional groups attached to an aromatic ring is 1. The molecule has 0 radical (unpaired) electrons. The molecule has 94 valence electrons. The standard InChI is InChI=1S/C13H15N3O2/c14-10-5-9-11(15-7-16-13(9)17)6-12(10)18-4-3-8-1-2-8/h5-8H,1-4,14H2,(H,15,16,17). The van der Waals surface area contributed by atoms with E-state index in [1.807, 2.05) is 0 Å². The number of rotatable bonds is 4. The smallest absolute Gasteiger partial charge is 0.258 e. The first-order valence-corrected chi connectivity index (χ1v) is 6.14. The average molecular weight is 245 g/mol. The number of aromatic nitrogens is 2. The third-order valence-corrected chi connectivity index (χ3v) is 3.25. The molecule has 3 N–H and O–H groups in total. The first-order valence-electron chi connectivity index (χ1n) is 6.14. The summed E-state index contributed by atoms with van der Waals surface area (Å²) in [6.07, 6.45) is 5.08. The number of hydrogen-bond acceptors (Lipinski definition) is 4. The zero-order chi connectivity index (χ0) is 12.5. The van der Waals surface area contributed by atoms with E-state index in [0.717, 1.165) is 12.3 Å². The summed E-state index contributed by atoms with van der Waals surface area (Å²) in [5, 5.41) is 0.490. The minimum atomic E-state index is -0.184. The Bertz CT molecular complexity index is 632. The molecule has 0 spiro atoms. The lowest BCUT2D eigenvalue weighted by molar-refractivity contribution is 0.304. The van der Waals surface area contributed by atoms with Gasteiger partial charge in [0.05, 0.1) is 29.5 Å². The van der Waals surface area contributed by atoms with Crippen LogP contribution in [0.25, 0.3) is 10.9 Å². The number of ether oxygens (including phenoxy) is 1.